The molecule has 0 aliphatic carbocycles. The first-order valence-corrected chi connectivity index (χ1v) is 11.8. The second-order valence-electron chi connectivity index (χ2n) is 7.73. The number of hydrogen-bond acceptors (Lipinski definition) is 6. The van der Waals surface area contributed by atoms with Crippen LogP contribution in [0.25, 0.3) is 50.7 Å². The van der Waals surface area contributed by atoms with E-state index < -0.39 is 10.1 Å². The molecule has 6 rings (SSSR count). The molecule has 0 saturated heterocycles. The Morgan fingerprint density at radius 3 is 2.47 bits per heavy atom. The summed E-state index contributed by atoms with van der Waals surface area (Å²) in [5, 5.41) is 10.5. The van der Waals surface area contributed by atoms with E-state index >= 15 is 0 Å². The maximum atomic E-state index is 11.4. The van der Waals surface area contributed by atoms with Crippen LogP contribution in [0.4, 0.5) is 0 Å². The van der Waals surface area contributed by atoms with Crippen LogP contribution in [0.1, 0.15) is 11.5 Å². The Balaban J connectivity index is 1.30. The smallest absolute Gasteiger partial charge is 0.294 e. The van der Waals surface area contributed by atoms with Crippen molar-refractivity contribution in [2.75, 3.05) is 0 Å². The van der Waals surface area contributed by atoms with Crippen molar-refractivity contribution in [3.05, 3.63) is 90.3 Å². The van der Waals surface area contributed by atoms with Crippen molar-refractivity contribution < 1.29 is 17.4 Å². The van der Waals surface area contributed by atoms with Gasteiger partial charge < -0.3 is 4.42 Å². The van der Waals surface area contributed by atoms with E-state index in [-0.39, 0.29) is 4.90 Å². The molecule has 0 aliphatic rings. The van der Waals surface area contributed by atoms with Gasteiger partial charge in [-0.25, -0.2) is 4.98 Å². The topological polar surface area (TPSA) is 111 Å². The normalized spacial score (nSPS) is 12.4. The maximum Gasteiger partial charge on any atom is 0.294 e. The molecule has 0 radical (unpaired) electrons. The largest absolute Gasteiger partial charge is 0.437 e. The van der Waals surface area contributed by atoms with E-state index in [9.17, 15) is 13.0 Å². The Hall–Kier alpha value is -4.34. The lowest BCUT2D eigenvalue weighted by Gasteiger charge is -2.01. The molecular weight excluding hydrogens is 452 g/mol. The highest BCUT2D eigenvalue weighted by molar-refractivity contribution is 7.85. The minimum atomic E-state index is -4.28. The summed E-state index contributed by atoms with van der Waals surface area (Å²) in [6.07, 6.45) is 3.74. The monoisotopic (exact) mass is 468 g/mol. The summed E-state index contributed by atoms with van der Waals surface area (Å²) < 4.78 is 37.9. The van der Waals surface area contributed by atoms with E-state index in [1.807, 2.05) is 60.7 Å². The van der Waals surface area contributed by atoms with Crippen molar-refractivity contribution >= 4 is 55.2 Å². The Kier molecular flexibility index (Phi) is 4.54. The van der Waals surface area contributed by atoms with Crippen molar-refractivity contribution in [2.45, 2.75) is 4.90 Å². The van der Waals surface area contributed by atoms with Crippen molar-refractivity contribution in [2.24, 2.45) is 0 Å². The molecule has 8 nitrogen and oxygen atoms in total. The summed E-state index contributed by atoms with van der Waals surface area (Å²) in [4.78, 5) is 5.81. The van der Waals surface area contributed by atoms with Gasteiger partial charge in [0.1, 0.15) is 16.6 Å². The van der Waals surface area contributed by atoms with Crippen LogP contribution in [-0.4, -0.2) is 32.9 Å². The predicted octanol–water partition coefficient (Wildman–Crippen LogP) is 5.13. The van der Waals surface area contributed by atoms with Crippen LogP contribution in [0.15, 0.2) is 88.2 Å². The van der Waals surface area contributed by atoms with E-state index in [0.29, 0.717) is 22.3 Å². The zero-order valence-electron chi connectivity index (χ0n) is 17.5. The van der Waals surface area contributed by atoms with E-state index in [0.717, 1.165) is 27.7 Å². The summed E-state index contributed by atoms with van der Waals surface area (Å²) in [5.41, 5.74) is 4.61. The third kappa shape index (κ3) is 3.62. The van der Waals surface area contributed by atoms with Crippen LogP contribution in [0.2, 0.25) is 0 Å². The molecule has 0 bridgehead atoms. The van der Waals surface area contributed by atoms with Crippen LogP contribution >= 0.6 is 0 Å². The number of benzene rings is 4. The fourth-order valence-electron chi connectivity index (χ4n) is 3.81. The molecule has 6 aromatic rings. The Labute approximate surface area is 193 Å². The van der Waals surface area contributed by atoms with Crippen LogP contribution < -0.4 is 0 Å². The molecule has 9 heteroatoms. The van der Waals surface area contributed by atoms with Gasteiger partial charge in [0.25, 0.3) is 10.1 Å². The van der Waals surface area contributed by atoms with Gasteiger partial charge in [-0.2, -0.15) is 13.2 Å². The van der Waals surface area contributed by atoms with E-state index in [1.54, 1.807) is 18.2 Å². The molecule has 4 aromatic carbocycles. The number of oxazole rings is 1. The minimum absolute atomic E-state index is 0.159. The molecule has 0 fully saturated rings. The summed E-state index contributed by atoms with van der Waals surface area (Å²) in [7, 11) is -4.28. The highest BCUT2D eigenvalue weighted by atomic mass is 32.2. The quantitative estimate of drug-likeness (QED) is 0.357. The summed E-state index contributed by atoms with van der Waals surface area (Å²) >= 11 is 0. The summed E-state index contributed by atoms with van der Waals surface area (Å²) in [6.45, 7) is 0. The van der Waals surface area contributed by atoms with Gasteiger partial charge in [-0.05, 0) is 59.5 Å². The first-order chi connectivity index (χ1) is 16.4. The number of aromatic nitrogens is 4. The number of fused-ring (bicyclic) bond motifs is 4. The molecule has 0 unspecified atom stereocenters. The van der Waals surface area contributed by atoms with Crippen LogP contribution in [-0.2, 0) is 10.1 Å². The summed E-state index contributed by atoms with van der Waals surface area (Å²) in [5.74, 6) is 0.536. The van der Waals surface area contributed by atoms with E-state index in [1.165, 1.54) is 16.9 Å². The number of para-hydroxylation sites is 2. The molecule has 0 atom stereocenters. The summed E-state index contributed by atoms with van der Waals surface area (Å²) in [6, 6.07) is 23.2. The standard InChI is InChI=1S/C25H16N4O4S/c30-34(31,32)19-11-12-20-17(15-19)8-13-22-25(20)28-29(27-22)18-9-5-16(6-10-18)7-14-24-26-21-3-1-2-4-23(21)33-24/h1-15H,(H,30,31,32)/b14-7+. The average Bonchev–Trinajstić information content (AvgIpc) is 3.46. The van der Waals surface area contributed by atoms with Crippen LogP contribution in [0.5, 0.6) is 0 Å². The molecule has 34 heavy (non-hydrogen) atoms. The lowest BCUT2D eigenvalue weighted by Crippen LogP contribution is -1.98. The van der Waals surface area contributed by atoms with Crippen molar-refractivity contribution in [1.29, 1.82) is 0 Å². The number of rotatable bonds is 4. The van der Waals surface area contributed by atoms with Gasteiger partial charge in [-0.3, -0.25) is 4.55 Å². The Bertz CT molecular complexity index is 1800. The Morgan fingerprint density at radius 2 is 1.68 bits per heavy atom. The van der Waals surface area contributed by atoms with Gasteiger partial charge in [0.15, 0.2) is 5.58 Å². The highest BCUT2D eigenvalue weighted by Gasteiger charge is 2.13. The van der Waals surface area contributed by atoms with Gasteiger partial charge >= 0.3 is 0 Å². The zero-order chi connectivity index (χ0) is 23.3. The molecule has 2 aromatic heterocycles. The van der Waals surface area contributed by atoms with E-state index in [2.05, 4.69) is 15.2 Å². The molecule has 166 valence electrons. The number of nitrogens with zero attached hydrogens (tertiary/aromatic N) is 4. The van der Waals surface area contributed by atoms with Crippen LogP contribution in [0, 0.1) is 0 Å². The van der Waals surface area contributed by atoms with Crippen molar-refractivity contribution in [1.82, 2.24) is 20.0 Å². The first-order valence-electron chi connectivity index (χ1n) is 10.4. The third-order valence-electron chi connectivity index (χ3n) is 5.49. The van der Waals surface area contributed by atoms with Gasteiger partial charge in [0, 0.05) is 11.5 Å². The SMILES string of the molecule is O=S(=O)(O)c1ccc2c(ccc3nn(-c4ccc(/C=C/c5nc6ccccc6o5)cc4)nc32)c1. The molecule has 0 spiro atoms. The molecular formula is C25H16N4O4S. The van der Waals surface area contributed by atoms with Gasteiger partial charge in [-0.15, -0.1) is 10.2 Å². The maximum absolute atomic E-state index is 11.4. The zero-order valence-corrected chi connectivity index (χ0v) is 18.3. The third-order valence-corrected chi connectivity index (χ3v) is 6.34. The lowest BCUT2D eigenvalue weighted by atomic mass is 10.1. The predicted molar refractivity (Wildman–Crippen MR) is 129 cm³/mol. The highest BCUT2D eigenvalue weighted by Crippen LogP contribution is 2.26. The van der Waals surface area contributed by atoms with E-state index in [4.69, 9.17) is 4.42 Å². The van der Waals surface area contributed by atoms with Crippen molar-refractivity contribution in [3.63, 3.8) is 0 Å². The molecule has 1 N–H and O–H groups in total. The number of hydrogen-bond donors (Lipinski definition) is 1. The van der Waals surface area contributed by atoms with Gasteiger partial charge in [0.2, 0.25) is 5.89 Å². The lowest BCUT2D eigenvalue weighted by molar-refractivity contribution is 0.483. The second-order valence-corrected chi connectivity index (χ2v) is 9.15. The van der Waals surface area contributed by atoms with Gasteiger partial charge in [0.05, 0.1) is 10.6 Å². The average molecular weight is 468 g/mol. The molecule has 2 heterocycles. The fraction of sp³-hybridized carbons (Fsp3) is 0. The molecule has 0 aliphatic heterocycles. The minimum Gasteiger partial charge on any atom is -0.437 e. The van der Waals surface area contributed by atoms with Gasteiger partial charge in [-0.1, -0.05) is 36.4 Å². The molecule has 0 amide bonds. The Morgan fingerprint density at radius 1 is 0.853 bits per heavy atom. The van der Waals surface area contributed by atoms with Crippen LogP contribution in [0.3, 0.4) is 0 Å². The van der Waals surface area contributed by atoms with Crippen molar-refractivity contribution in [3.8, 4) is 5.69 Å². The fourth-order valence-corrected chi connectivity index (χ4v) is 4.32. The second kappa shape index (κ2) is 7.62. The molecule has 0 saturated carbocycles. The first kappa shape index (κ1) is 20.3.